The number of amides is 2. The molecule has 1 aromatic carbocycles. The molecule has 1 aromatic rings. The van der Waals surface area contributed by atoms with Crippen molar-refractivity contribution < 1.29 is 14.5 Å². The van der Waals surface area contributed by atoms with Crippen LogP contribution in [-0.4, -0.2) is 38.0 Å². The largest absolute Gasteiger partial charge is 0.346 e. The number of hydrogen-bond acceptors (Lipinski definition) is 2. The Hall–Kier alpha value is -1.88. The minimum absolute atomic E-state index is 0.0138. The highest BCUT2D eigenvalue weighted by molar-refractivity contribution is 5.92. The fourth-order valence-corrected chi connectivity index (χ4v) is 2.04. The number of carbonyl (C=O) groups is 2. The monoisotopic (exact) mass is 248 g/mol. The Morgan fingerprint density at radius 1 is 1.44 bits per heavy atom. The van der Waals surface area contributed by atoms with Gasteiger partial charge in [0.25, 0.3) is 11.8 Å². The number of benzene rings is 1. The second kappa shape index (κ2) is 5.64. The number of rotatable bonds is 3. The van der Waals surface area contributed by atoms with E-state index >= 15 is 0 Å². The molecule has 0 saturated carbocycles. The van der Waals surface area contributed by atoms with Crippen LogP contribution >= 0.6 is 0 Å². The third-order valence-corrected chi connectivity index (χ3v) is 3.04. The minimum atomic E-state index is -0.0472. The molecule has 5 nitrogen and oxygen atoms in total. The first-order valence-corrected chi connectivity index (χ1v) is 6.11. The van der Waals surface area contributed by atoms with E-state index in [1.54, 1.807) is 0 Å². The van der Waals surface area contributed by atoms with Crippen LogP contribution < -0.4 is 15.5 Å². The number of nitrogens with one attached hydrogen (secondary N) is 3. The van der Waals surface area contributed by atoms with Crippen LogP contribution in [0.25, 0.3) is 0 Å². The highest BCUT2D eigenvalue weighted by Gasteiger charge is 2.22. The van der Waals surface area contributed by atoms with E-state index in [-0.39, 0.29) is 11.8 Å². The van der Waals surface area contributed by atoms with Crippen LogP contribution in [-0.2, 0) is 9.59 Å². The summed E-state index contributed by atoms with van der Waals surface area (Å²) < 4.78 is 0. The van der Waals surface area contributed by atoms with Crippen LogP contribution in [0.2, 0.25) is 0 Å². The van der Waals surface area contributed by atoms with Crippen LogP contribution in [0.5, 0.6) is 0 Å². The van der Waals surface area contributed by atoms with E-state index in [2.05, 4.69) is 10.6 Å². The summed E-state index contributed by atoms with van der Waals surface area (Å²) in [5.74, 6) is -0.0334. The van der Waals surface area contributed by atoms with Gasteiger partial charge in [-0.25, -0.2) is 0 Å². The first-order chi connectivity index (χ1) is 8.65. The molecule has 0 bridgehead atoms. The van der Waals surface area contributed by atoms with E-state index in [4.69, 9.17) is 0 Å². The number of anilines is 1. The third-order valence-electron chi connectivity index (χ3n) is 3.04. The normalized spacial score (nSPS) is 19.2. The van der Waals surface area contributed by atoms with E-state index < -0.39 is 0 Å². The lowest BCUT2D eigenvalue weighted by molar-refractivity contribution is -0.885. The molecule has 5 heteroatoms. The summed E-state index contributed by atoms with van der Waals surface area (Å²) in [6, 6.07) is 7.66. The average molecular weight is 248 g/mol. The van der Waals surface area contributed by atoms with Crippen molar-refractivity contribution in [3.63, 3.8) is 0 Å². The smallest absolute Gasteiger partial charge is 0.279 e. The lowest BCUT2D eigenvalue weighted by atomic mass is 10.2. The lowest BCUT2D eigenvalue weighted by Gasteiger charge is -2.23. The Morgan fingerprint density at radius 2 is 2.22 bits per heavy atom. The number of para-hydroxylation sites is 1. The van der Waals surface area contributed by atoms with Crippen LogP contribution in [0.15, 0.2) is 24.3 Å². The summed E-state index contributed by atoms with van der Waals surface area (Å²) in [7, 11) is 0. The number of carbonyl (C=O) groups excluding carboxylic acids is 2. The Morgan fingerprint density at radius 3 is 2.94 bits per heavy atom. The first kappa shape index (κ1) is 12.6. The predicted molar refractivity (Wildman–Crippen MR) is 68.4 cm³/mol. The van der Waals surface area contributed by atoms with Crippen LogP contribution in [0.3, 0.4) is 0 Å². The standard InChI is InChI=1S/C13H17N3O2/c1-10-4-2-3-5-11(10)15-13(18)9-16-7-6-14-12(17)8-16/h2-5H,6-9H2,1H3,(H,14,17)(H,15,18)/p+1. The van der Waals surface area contributed by atoms with Gasteiger partial charge in [-0.2, -0.15) is 0 Å². The zero-order chi connectivity index (χ0) is 13.0. The Bertz CT molecular complexity index is 459. The Kier molecular flexibility index (Phi) is 3.94. The fraction of sp³-hybridized carbons (Fsp3) is 0.385. The number of hydrogen-bond donors (Lipinski definition) is 3. The highest BCUT2D eigenvalue weighted by Crippen LogP contribution is 2.12. The lowest BCUT2D eigenvalue weighted by Crippen LogP contribution is -3.16. The van der Waals surface area contributed by atoms with Crippen molar-refractivity contribution in [2.24, 2.45) is 0 Å². The van der Waals surface area contributed by atoms with Crippen molar-refractivity contribution in [3.05, 3.63) is 29.8 Å². The van der Waals surface area contributed by atoms with Gasteiger partial charge in [0.05, 0.1) is 13.1 Å². The van der Waals surface area contributed by atoms with Gasteiger partial charge < -0.3 is 15.5 Å². The molecule has 3 N–H and O–H groups in total. The summed E-state index contributed by atoms with van der Waals surface area (Å²) in [4.78, 5) is 24.1. The number of aryl methyl sites for hydroxylation is 1. The molecule has 1 aliphatic heterocycles. The third kappa shape index (κ3) is 3.30. The van der Waals surface area contributed by atoms with Crippen LogP contribution in [0.4, 0.5) is 5.69 Å². The van der Waals surface area contributed by atoms with Crippen molar-refractivity contribution in [1.29, 1.82) is 0 Å². The molecular weight excluding hydrogens is 230 g/mol. The molecule has 18 heavy (non-hydrogen) atoms. The average Bonchev–Trinajstić information content (AvgIpc) is 2.32. The fourth-order valence-electron chi connectivity index (χ4n) is 2.04. The maximum absolute atomic E-state index is 11.9. The zero-order valence-electron chi connectivity index (χ0n) is 10.5. The molecule has 1 aliphatic rings. The predicted octanol–water partition coefficient (Wildman–Crippen LogP) is -1.05. The van der Waals surface area contributed by atoms with Crippen molar-refractivity contribution in [2.75, 3.05) is 31.5 Å². The summed E-state index contributed by atoms with van der Waals surface area (Å²) in [5.41, 5.74) is 1.88. The summed E-state index contributed by atoms with van der Waals surface area (Å²) in [6.45, 7) is 4.11. The molecule has 1 unspecified atom stereocenters. The van der Waals surface area contributed by atoms with Gasteiger partial charge in [0, 0.05) is 5.69 Å². The van der Waals surface area contributed by atoms with E-state index in [1.807, 2.05) is 31.2 Å². The van der Waals surface area contributed by atoms with Crippen molar-refractivity contribution in [3.8, 4) is 0 Å². The van der Waals surface area contributed by atoms with Crippen LogP contribution in [0, 0.1) is 6.92 Å². The zero-order valence-corrected chi connectivity index (χ0v) is 10.5. The van der Waals surface area contributed by atoms with Gasteiger partial charge >= 0.3 is 0 Å². The van der Waals surface area contributed by atoms with E-state index in [0.717, 1.165) is 22.7 Å². The molecule has 1 heterocycles. The van der Waals surface area contributed by atoms with E-state index in [0.29, 0.717) is 19.6 Å². The Balaban J connectivity index is 1.89. The molecule has 0 spiro atoms. The number of piperazine rings is 1. The van der Waals surface area contributed by atoms with Crippen LogP contribution in [0.1, 0.15) is 5.56 Å². The van der Waals surface area contributed by atoms with E-state index in [9.17, 15) is 9.59 Å². The molecular formula is C13H18N3O2+. The maximum Gasteiger partial charge on any atom is 0.279 e. The van der Waals surface area contributed by atoms with Gasteiger partial charge in [-0.15, -0.1) is 0 Å². The molecule has 2 amide bonds. The van der Waals surface area contributed by atoms with Crippen molar-refractivity contribution in [2.45, 2.75) is 6.92 Å². The maximum atomic E-state index is 11.9. The van der Waals surface area contributed by atoms with Crippen molar-refractivity contribution >= 4 is 17.5 Å². The SMILES string of the molecule is Cc1ccccc1NC(=O)C[NH+]1CCNC(=O)C1. The second-order valence-corrected chi connectivity index (χ2v) is 4.57. The van der Waals surface area contributed by atoms with E-state index in [1.165, 1.54) is 0 Å². The minimum Gasteiger partial charge on any atom is -0.346 e. The first-order valence-electron chi connectivity index (χ1n) is 6.11. The second-order valence-electron chi connectivity index (χ2n) is 4.57. The van der Waals surface area contributed by atoms with Gasteiger partial charge in [-0.3, -0.25) is 9.59 Å². The molecule has 0 aliphatic carbocycles. The summed E-state index contributed by atoms with van der Waals surface area (Å²) >= 11 is 0. The molecule has 2 rings (SSSR count). The van der Waals surface area contributed by atoms with Gasteiger partial charge in [0.15, 0.2) is 13.1 Å². The summed E-state index contributed by atoms with van der Waals surface area (Å²) in [6.07, 6.45) is 0. The van der Waals surface area contributed by atoms with Gasteiger partial charge in [-0.05, 0) is 18.6 Å². The molecule has 1 atom stereocenters. The summed E-state index contributed by atoms with van der Waals surface area (Å²) in [5, 5.41) is 5.63. The van der Waals surface area contributed by atoms with Gasteiger partial charge in [0.1, 0.15) is 0 Å². The van der Waals surface area contributed by atoms with Gasteiger partial charge in [-0.1, -0.05) is 18.2 Å². The van der Waals surface area contributed by atoms with Crippen molar-refractivity contribution in [1.82, 2.24) is 5.32 Å². The quantitative estimate of drug-likeness (QED) is 0.639. The highest BCUT2D eigenvalue weighted by atomic mass is 16.2. The topological polar surface area (TPSA) is 62.6 Å². The molecule has 0 radical (unpaired) electrons. The molecule has 96 valence electrons. The molecule has 1 saturated heterocycles. The number of quaternary nitrogens is 1. The van der Waals surface area contributed by atoms with Gasteiger partial charge in [0.2, 0.25) is 0 Å². The molecule has 1 fully saturated rings. The Labute approximate surface area is 106 Å². The molecule has 0 aromatic heterocycles.